The van der Waals surface area contributed by atoms with Gasteiger partial charge in [-0.25, -0.2) is 0 Å². The van der Waals surface area contributed by atoms with Crippen LogP contribution < -0.4 is 0 Å². The summed E-state index contributed by atoms with van der Waals surface area (Å²) in [6, 6.07) is 0. The average molecular weight is 323 g/mol. The molecule has 2 saturated heterocycles. The highest BCUT2D eigenvalue weighted by atomic mass is 16.6. The summed E-state index contributed by atoms with van der Waals surface area (Å²) in [5.41, 5.74) is -0.828. The van der Waals surface area contributed by atoms with E-state index in [1.54, 1.807) is 0 Å². The van der Waals surface area contributed by atoms with E-state index in [2.05, 4.69) is 6.92 Å². The number of carbonyl (C=O) groups is 2. The predicted molar refractivity (Wildman–Crippen MR) is 80.5 cm³/mol. The Bertz CT molecular complexity index is 563. The second kappa shape index (κ2) is 4.77. The zero-order valence-electron chi connectivity index (χ0n) is 14.1. The van der Waals surface area contributed by atoms with Crippen molar-refractivity contribution in [2.24, 2.45) is 29.1 Å². The standard InChI is InChI=1S/C17H25NO5/c1-7-5-9-10(8(6-18(3)4)16(21)22-9)14(19)17(2)11(7)12-13(23-12)15(17)20/h7-14,19H,5-6H2,1-4H3/t7-,8?,9-,10-,11-,12?,13?,14+,17-/m1/s1. The molecule has 1 N–H and O–H groups in total. The maximum atomic E-state index is 12.8. The van der Waals surface area contributed by atoms with Crippen molar-refractivity contribution in [1.82, 2.24) is 4.90 Å². The van der Waals surface area contributed by atoms with E-state index in [1.165, 1.54) is 0 Å². The Hall–Kier alpha value is -0.980. The molecule has 0 spiro atoms. The summed E-state index contributed by atoms with van der Waals surface area (Å²) in [5, 5.41) is 11.2. The van der Waals surface area contributed by atoms with Gasteiger partial charge in [-0.2, -0.15) is 0 Å². The van der Waals surface area contributed by atoms with Crippen LogP contribution in [0.25, 0.3) is 0 Å². The molecule has 0 radical (unpaired) electrons. The highest BCUT2D eigenvalue weighted by molar-refractivity contribution is 5.95. The zero-order chi connectivity index (χ0) is 16.7. The van der Waals surface area contributed by atoms with Crippen molar-refractivity contribution in [2.45, 2.75) is 44.7 Å². The fourth-order valence-electron chi connectivity index (χ4n) is 5.54. The van der Waals surface area contributed by atoms with Crippen LogP contribution in [0.5, 0.6) is 0 Å². The Balaban J connectivity index is 1.73. The molecule has 0 bridgehead atoms. The maximum Gasteiger partial charge on any atom is 0.311 e. The highest BCUT2D eigenvalue weighted by Gasteiger charge is 2.74. The van der Waals surface area contributed by atoms with Crippen molar-refractivity contribution in [3.8, 4) is 0 Å². The number of nitrogens with zero attached hydrogens (tertiary/aromatic N) is 1. The van der Waals surface area contributed by atoms with Crippen molar-refractivity contribution < 1.29 is 24.2 Å². The third-order valence-electron chi connectivity index (χ3n) is 6.58. The van der Waals surface area contributed by atoms with Crippen molar-refractivity contribution in [3.05, 3.63) is 0 Å². The highest BCUT2D eigenvalue weighted by Crippen LogP contribution is 2.61. The number of carbonyl (C=O) groups excluding carboxylic acids is 2. The number of fused-ring (bicyclic) bond motifs is 4. The molecule has 4 rings (SSSR count). The molecule has 2 aliphatic heterocycles. The molecule has 9 atom stereocenters. The summed E-state index contributed by atoms with van der Waals surface area (Å²) in [6.07, 6.45) is -0.868. The number of epoxide rings is 1. The molecule has 2 aliphatic carbocycles. The van der Waals surface area contributed by atoms with Crippen LogP contribution in [-0.2, 0) is 19.1 Å². The molecule has 4 fully saturated rings. The number of hydrogen-bond donors (Lipinski definition) is 1. The van der Waals surface area contributed by atoms with E-state index in [9.17, 15) is 14.7 Å². The molecule has 4 aliphatic rings. The monoisotopic (exact) mass is 323 g/mol. The minimum Gasteiger partial charge on any atom is -0.462 e. The van der Waals surface area contributed by atoms with Crippen LogP contribution in [0.1, 0.15) is 20.3 Å². The van der Waals surface area contributed by atoms with Crippen LogP contribution in [0, 0.1) is 29.1 Å². The average Bonchev–Trinajstić information content (AvgIpc) is 3.13. The van der Waals surface area contributed by atoms with Crippen molar-refractivity contribution in [1.29, 1.82) is 0 Å². The lowest BCUT2D eigenvalue weighted by molar-refractivity contribution is -0.148. The summed E-state index contributed by atoms with van der Waals surface area (Å²) < 4.78 is 11.1. The summed E-state index contributed by atoms with van der Waals surface area (Å²) in [7, 11) is 3.81. The largest absolute Gasteiger partial charge is 0.462 e. The molecule has 6 heteroatoms. The van der Waals surface area contributed by atoms with Gasteiger partial charge in [0.1, 0.15) is 12.2 Å². The van der Waals surface area contributed by atoms with Gasteiger partial charge in [-0.1, -0.05) is 6.92 Å². The predicted octanol–water partition coefficient (Wildman–Crippen LogP) is 0.0791. The van der Waals surface area contributed by atoms with Gasteiger partial charge < -0.3 is 19.5 Å². The fraction of sp³-hybridized carbons (Fsp3) is 0.882. The number of hydrogen-bond acceptors (Lipinski definition) is 6. The third kappa shape index (κ3) is 1.91. The van der Waals surface area contributed by atoms with Gasteiger partial charge in [0.25, 0.3) is 0 Å². The minimum absolute atomic E-state index is 0.00968. The molecule has 2 heterocycles. The molecule has 0 amide bonds. The van der Waals surface area contributed by atoms with Gasteiger partial charge in [0.15, 0.2) is 5.78 Å². The van der Waals surface area contributed by atoms with E-state index in [4.69, 9.17) is 9.47 Å². The molecule has 128 valence electrons. The molecule has 0 aromatic carbocycles. The van der Waals surface area contributed by atoms with Gasteiger partial charge in [0.2, 0.25) is 0 Å². The molecule has 3 unspecified atom stereocenters. The summed E-state index contributed by atoms with van der Waals surface area (Å²) in [4.78, 5) is 27.0. The lowest BCUT2D eigenvalue weighted by Crippen LogP contribution is -2.51. The van der Waals surface area contributed by atoms with Crippen LogP contribution in [0.15, 0.2) is 0 Å². The van der Waals surface area contributed by atoms with E-state index in [1.807, 2.05) is 25.9 Å². The Morgan fingerprint density at radius 2 is 2.04 bits per heavy atom. The molecular formula is C17H25NO5. The van der Waals surface area contributed by atoms with Crippen LogP contribution in [-0.4, -0.2) is 66.8 Å². The Morgan fingerprint density at radius 1 is 1.35 bits per heavy atom. The number of aliphatic hydroxyl groups is 1. The second-order valence-electron chi connectivity index (χ2n) is 8.27. The molecule has 0 aromatic heterocycles. The number of ketones is 1. The molecule has 23 heavy (non-hydrogen) atoms. The van der Waals surface area contributed by atoms with Gasteiger partial charge in [-0.05, 0) is 33.4 Å². The zero-order valence-corrected chi connectivity index (χ0v) is 14.1. The van der Waals surface area contributed by atoms with Crippen LogP contribution in [0.4, 0.5) is 0 Å². The first-order valence-electron chi connectivity index (χ1n) is 8.50. The van der Waals surface area contributed by atoms with Gasteiger partial charge in [0.05, 0.1) is 23.5 Å². The van der Waals surface area contributed by atoms with Crippen LogP contribution in [0.2, 0.25) is 0 Å². The number of Topliss-reactive ketones (excluding diaryl/α,β-unsaturated/α-hetero) is 1. The van der Waals surface area contributed by atoms with Crippen LogP contribution in [0.3, 0.4) is 0 Å². The lowest BCUT2D eigenvalue weighted by atomic mass is 9.66. The van der Waals surface area contributed by atoms with E-state index in [0.717, 1.165) is 0 Å². The number of ether oxygens (including phenoxy) is 2. The molecular weight excluding hydrogens is 298 g/mol. The van der Waals surface area contributed by atoms with E-state index in [0.29, 0.717) is 13.0 Å². The fourth-order valence-corrected chi connectivity index (χ4v) is 5.54. The summed E-state index contributed by atoms with van der Waals surface area (Å²) in [6.45, 7) is 4.49. The topological polar surface area (TPSA) is 79.4 Å². The van der Waals surface area contributed by atoms with E-state index >= 15 is 0 Å². The van der Waals surface area contributed by atoms with Crippen molar-refractivity contribution >= 4 is 11.8 Å². The first-order chi connectivity index (χ1) is 10.8. The molecule has 6 nitrogen and oxygen atoms in total. The molecule has 2 saturated carbocycles. The number of rotatable bonds is 2. The SMILES string of the molecule is C[C@@H]1C[C@H]2OC(=O)C(CN(C)C)[C@H]2[C@H](O)[C@]2(C)C(=O)C3OC3[C@@H]12. The summed E-state index contributed by atoms with van der Waals surface area (Å²) >= 11 is 0. The quantitative estimate of drug-likeness (QED) is 0.573. The van der Waals surface area contributed by atoms with Crippen molar-refractivity contribution in [3.63, 3.8) is 0 Å². The smallest absolute Gasteiger partial charge is 0.311 e. The maximum absolute atomic E-state index is 12.8. The minimum atomic E-state index is -0.859. The normalized spacial score (nSPS) is 54.3. The Morgan fingerprint density at radius 3 is 2.70 bits per heavy atom. The number of esters is 1. The van der Waals surface area contributed by atoms with E-state index < -0.39 is 11.5 Å². The first kappa shape index (κ1) is 15.5. The third-order valence-corrected chi connectivity index (χ3v) is 6.58. The summed E-state index contributed by atoms with van der Waals surface area (Å²) in [5.74, 6) is -0.733. The van der Waals surface area contributed by atoms with Crippen LogP contribution >= 0.6 is 0 Å². The van der Waals surface area contributed by atoms with Gasteiger partial charge >= 0.3 is 5.97 Å². The van der Waals surface area contributed by atoms with Gasteiger partial charge in [-0.15, -0.1) is 0 Å². The molecule has 0 aromatic rings. The number of aliphatic hydroxyl groups excluding tert-OH is 1. The van der Waals surface area contributed by atoms with Gasteiger partial charge in [-0.3, -0.25) is 9.59 Å². The second-order valence-corrected chi connectivity index (χ2v) is 8.27. The van der Waals surface area contributed by atoms with Gasteiger partial charge in [0, 0.05) is 18.4 Å². The lowest BCUT2D eigenvalue weighted by Gasteiger charge is -2.39. The Kier molecular flexibility index (Phi) is 3.22. The van der Waals surface area contributed by atoms with E-state index in [-0.39, 0.29) is 53.7 Å². The first-order valence-corrected chi connectivity index (χ1v) is 8.50. The van der Waals surface area contributed by atoms with Crippen molar-refractivity contribution in [2.75, 3.05) is 20.6 Å². The Labute approximate surface area is 136 Å².